The van der Waals surface area contributed by atoms with Gasteiger partial charge >= 0.3 is 5.97 Å². The number of carbonyl (C=O) groups excluding carboxylic acids is 2. The van der Waals surface area contributed by atoms with E-state index in [1.54, 1.807) is 30.0 Å². The van der Waals surface area contributed by atoms with Crippen LogP contribution >= 0.6 is 0 Å². The second kappa shape index (κ2) is 6.71. The van der Waals surface area contributed by atoms with E-state index in [9.17, 15) is 9.59 Å². The van der Waals surface area contributed by atoms with E-state index in [4.69, 9.17) is 14.2 Å². The van der Waals surface area contributed by atoms with Crippen molar-refractivity contribution in [2.45, 2.75) is 19.4 Å². The van der Waals surface area contributed by atoms with E-state index in [-0.39, 0.29) is 5.91 Å². The summed E-state index contributed by atoms with van der Waals surface area (Å²) in [6.45, 7) is 3.12. The number of carbonyl (C=O) groups is 2. The van der Waals surface area contributed by atoms with Crippen molar-refractivity contribution >= 4 is 17.6 Å². The molecule has 0 bridgehead atoms. The normalized spacial score (nSPS) is 16.0. The molecule has 0 unspecified atom stereocenters. The Morgan fingerprint density at radius 1 is 1.08 bits per heavy atom. The number of ether oxygens (including phenoxy) is 3. The molecular weight excluding hydrogens is 334 g/mol. The topological polar surface area (TPSA) is 65.1 Å². The highest BCUT2D eigenvalue weighted by Crippen LogP contribution is 2.31. The summed E-state index contributed by atoms with van der Waals surface area (Å²) in [5, 5.41) is 0. The number of anilines is 1. The van der Waals surface area contributed by atoms with Crippen LogP contribution < -0.4 is 14.4 Å². The van der Waals surface area contributed by atoms with Crippen LogP contribution in [0.3, 0.4) is 0 Å². The Kier molecular flexibility index (Phi) is 4.24. The summed E-state index contributed by atoms with van der Waals surface area (Å²) in [6, 6.07) is 12.6. The molecule has 2 aromatic carbocycles. The van der Waals surface area contributed by atoms with E-state index in [1.165, 1.54) is 0 Å². The molecule has 0 radical (unpaired) electrons. The van der Waals surface area contributed by atoms with Gasteiger partial charge in [0, 0.05) is 12.2 Å². The maximum absolute atomic E-state index is 12.7. The zero-order valence-corrected chi connectivity index (χ0v) is 14.4. The van der Waals surface area contributed by atoms with Crippen LogP contribution in [-0.4, -0.2) is 37.7 Å². The van der Waals surface area contributed by atoms with Crippen molar-refractivity contribution < 1.29 is 23.8 Å². The predicted octanol–water partition coefficient (Wildman–Crippen LogP) is 2.59. The minimum absolute atomic E-state index is 0.221. The van der Waals surface area contributed by atoms with Crippen LogP contribution in [0.1, 0.15) is 22.8 Å². The average molecular weight is 353 g/mol. The molecular formula is C20H19NO5. The van der Waals surface area contributed by atoms with Gasteiger partial charge in [0.15, 0.2) is 17.6 Å². The van der Waals surface area contributed by atoms with Crippen LogP contribution in [0.4, 0.5) is 5.69 Å². The van der Waals surface area contributed by atoms with Gasteiger partial charge in [-0.15, -0.1) is 0 Å². The van der Waals surface area contributed by atoms with Gasteiger partial charge in [-0.25, -0.2) is 4.79 Å². The number of esters is 1. The summed E-state index contributed by atoms with van der Waals surface area (Å²) in [7, 11) is 0. The van der Waals surface area contributed by atoms with Crippen LogP contribution in [-0.2, 0) is 16.0 Å². The molecule has 6 heteroatoms. The number of hydrogen-bond donors (Lipinski definition) is 0. The summed E-state index contributed by atoms with van der Waals surface area (Å²) < 4.78 is 16.3. The molecule has 0 saturated heterocycles. The lowest BCUT2D eigenvalue weighted by Gasteiger charge is -2.22. The molecule has 0 saturated carbocycles. The fourth-order valence-electron chi connectivity index (χ4n) is 3.24. The van der Waals surface area contributed by atoms with Gasteiger partial charge in [-0.1, -0.05) is 18.2 Å². The van der Waals surface area contributed by atoms with Gasteiger partial charge in [0.05, 0.1) is 5.56 Å². The van der Waals surface area contributed by atoms with Crippen LogP contribution in [0.25, 0.3) is 0 Å². The second-order valence-electron chi connectivity index (χ2n) is 6.27. The predicted molar refractivity (Wildman–Crippen MR) is 94.8 cm³/mol. The van der Waals surface area contributed by atoms with Crippen molar-refractivity contribution in [2.24, 2.45) is 0 Å². The monoisotopic (exact) mass is 353 g/mol. The van der Waals surface area contributed by atoms with E-state index in [0.717, 1.165) is 17.7 Å². The Morgan fingerprint density at radius 3 is 2.69 bits per heavy atom. The fourth-order valence-corrected chi connectivity index (χ4v) is 3.24. The van der Waals surface area contributed by atoms with Gasteiger partial charge < -0.3 is 19.1 Å². The lowest BCUT2D eigenvalue weighted by atomic mass is 10.2. The van der Waals surface area contributed by atoms with Crippen LogP contribution in [0.2, 0.25) is 0 Å². The molecule has 1 amide bonds. The largest absolute Gasteiger partial charge is 0.486 e. The number of nitrogens with zero attached hydrogens (tertiary/aromatic N) is 1. The molecule has 0 fully saturated rings. The molecule has 2 heterocycles. The molecule has 1 atom stereocenters. The van der Waals surface area contributed by atoms with Crippen molar-refractivity contribution in [3.8, 4) is 11.5 Å². The van der Waals surface area contributed by atoms with Crippen molar-refractivity contribution in [1.82, 2.24) is 0 Å². The highest BCUT2D eigenvalue weighted by molar-refractivity contribution is 6.00. The zero-order valence-electron chi connectivity index (χ0n) is 14.4. The molecule has 0 N–H and O–H groups in total. The van der Waals surface area contributed by atoms with Crippen molar-refractivity contribution in [3.05, 3.63) is 53.6 Å². The van der Waals surface area contributed by atoms with Gasteiger partial charge in [0.2, 0.25) is 0 Å². The van der Waals surface area contributed by atoms with E-state index < -0.39 is 12.1 Å². The molecule has 26 heavy (non-hydrogen) atoms. The molecule has 4 rings (SSSR count). The average Bonchev–Trinajstić information content (AvgIpc) is 3.11. The zero-order chi connectivity index (χ0) is 18.1. The van der Waals surface area contributed by atoms with Crippen molar-refractivity contribution in [2.75, 3.05) is 24.7 Å². The molecule has 2 aliphatic rings. The Bertz CT molecular complexity index is 863. The molecule has 134 valence electrons. The van der Waals surface area contributed by atoms with Crippen molar-refractivity contribution in [3.63, 3.8) is 0 Å². The number of benzene rings is 2. The maximum atomic E-state index is 12.7. The van der Waals surface area contributed by atoms with Gasteiger partial charge in [-0.3, -0.25) is 4.79 Å². The van der Waals surface area contributed by atoms with E-state index >= 15 is 0 Å². The third kappa shape index (κ3) is 2.98. The SMILES string of the molecule is C[C@@H](OC(=O)c1ccc2c(c1)OCCO2)C(=O)N1CCc2ccccc21. The second-order valence-corrected chi connectivity index (χ2v) is 6.27. The fraction of sp³-hybridized carbons (Fsp3) is 0.300. The van der Waals surface area contributed by atoms with Gasteiger partial charge in [-0.05, 0) is 43.2 Å². The molecule has 6 nitrogen and oxygen atoms in total. The lowest BCUT2D eigenvalue weighted by Crippen LogP contribution is -2.39. The van der Waals surface area contributed by atoms with E-state index in [1.807, 2.05) is 24.3 Å². The maximum Gasteiger partial charge on any atom is 0.339 e. The van der Waals surface area contributed by atoms with Gasteiger partial charge in [-0.2, -0.15) is 0 Å². The first-order chi connectivity index (χ1) is 12.6. The first-order valence-electron chi connectivity index (χ1n) is 8.63. The molecule has 2 aromatic rings. The van der Waals surface area contributed by atoms with Gasteiger partial charge in [0.25, 0.3) is 5.91 Å². The van der Waals surface area contributed by atoms with Crippen LogP contribution in [0.15, 0.2) is 42.5 Å². The molecule has 0 spiro atoms. The third-order valence-corrected chi connectivity index (χ3v) is 4.56. The van der Waals surface area contributed by atoms with Crippen LogP contribution in [0.5, 0.6) is 11.5 Å². The summed E-state index contributed by atoms with van der Waals surface area (Å²) >= 11 is 0. The summed E-state index contributed by atoms with van der Waals surface area (Å²) in [6.07, 6.45) is -0.0630. The van der Waals surface area contributed by atoms with Crippen molar-refractivity contribution in [1.29, 1.82) is 0 Å². The summed E-state index contributed by atoms with van der Waals surface area (Å²) in [4.78, 5) is 26.8. The Morgan fingerprint density at radius 2 is 1.85 bits per heavy atom. The highest BCUT2D eigenvalue weighted by atomic mass is 16.6. The Balaban J connectivity index is 1.45. The number of para-hydroxylation sites is 1. The third-order valence-electron chi connectivity index (χ3n) is 4.56. The number of hydrogen-bond acceptors (Lipinski definition) is 5. The van der Waals surface area contributed by atoms with Crippen LogP contribution in [0, 0.1) is 0 Å². The number of amides is 1. The number of fused-ring (bicyclic) bond motifs is 2. The number of rotatable bonds is 3. The molecule has 0 aromatic heterocycles. The highest BCUT2D eigenvalue weighted by Gasteiger charge is 2.30. The molecule has 2 aliphatic heterocycles. The smallest absolute Gasteiger partial charge is 0.339 e. The minimum Gasteiger partial charge on any atom is -0.486 e. The molecule has 0 aliphatic carbocycles. The van der Waals surface area contributed by atoms with Gasteiger partial charge in [0.1, 0.15) is 13.2 Å². The Labute approximate surface area is 151 Å². The van der Waals surface area contributed by atoms with E-state index in [2.05, 4.69) is 0 Å². The minimum atomic E-state index is -0.873. The van der Waals surface area contributed by atoms with E-state index in [0.29, 0.717) is 36.8 Å². The first-order valence-corrected chi connectivity index (χ1v) is 8.63. The quantitative estimate of drug-likeness (QED) is 0.794. The Hall–Kier alpha value is -3.02. The summed E-state index contributed by atoms with van der Waals surface area (Å²) in [5.74, 6) is 0.333. The lowest BCUT2D eigenvalue weighted by molar-refractivity contribution is -0.126. The standard InChI is InChI=1S/C20H19NO5/c1-13(19(22)21-9-8-14-4-2-3-5-16(14)21)26-20(23)15-6-7-17-18(12-15)25-11-10-24-17/h2-7,12-13H,8-11H2,1H3/t13-/m1/s1. The first kappa shape index (κ1) is 16.4. The summed E-state index contributed by atoms with van der Waals surface area (Å²) in [5.41, 5.74) is 2.35.